The molecule has 2 bridgehead atoms. The zero-order valence-electron chi connectivity index (χ0n) is 17.9. The Morgan fingerprint density at radius 1 is 1.12 bits per heavy atom. The van der Waals surface area contributed by atoms with Crippen LogP contribution < -0.4 is 15.0 Å². The Labute approximate surface area is 188 Å². The second kappa shape index (κ2) is 9.68. The molecule has 168 valence electrons. The molecule has 2 fully saturated rings. The normalized spacial score (nSPS) is 19.4. The zero-order valence-corrected chi connectivity index (χ0v) is 18.7. The number of aromatic nitrogens is 1. The topological polar surface area (TPSA) is 91.8 Å². The van der Waals surface area contributed by atoms with Gasteiger partial charge in [-0.15, -0.1) is 0 Å². The van der Waals surface area contributed by atoms with Gasteiger partial charge in [0.05, 0.1) is 23.0 Å². The van der Waals surface area contributed by atoms with Crippen molar-refractivity contribution in [3.8, 4) is 5.75 Å². The lowest BCUT2D eigenvalue weighted by Gasteiger charge is -2.29. The van der Waals surface area contributed by atoms with Crippen LogP contribution in [-0.2, 0) is 16.7 Å². The summed E-state index contributed by atoms with van der Waals surface area (Å²) in [5.74, 6) is 0.840. The maximum atomic E-state index is 10.5. The number of pyridine rings is 1. The van der Waals surface area contributed by atoms with Crippen LogP contribution >= 0.6 is 0 Å². The first kappa shape index (κ1) is 22.3. The molecule has 0 saturated carbocycles. The number of piperazine rings is 1. The predicted molar refractivity (Wildman–Crippen MR) is 124 cm³/mol. The summed E-state index contributed by atoms with van der Waals surface area (Å²) in [6, 6.07) is 19.6. The minimum Gasteiger partial charge on any atom is -0.487 e. The molecule has 3 aromatic rings. The van der Waals surface area contributed by atoms with E-state index < -0.39 is 10.1 Å². The summed E-state index contributed by atoms with van der Waals surface area (Å²) in [5, 5.41) is 3.52. The number of nitrogens with zero attached hydrogens (tertiary/aromatic N) is 2. The van der Waals surface area contributed by atoms with Crippen LogP contribution in [0.1, 0.15) is 17.5 Å². The summed E-state index contributed by atoms with van der Waals surface area (Å²) in [6.07, 6.45) is 4.98. The number of fused-ring (bicyclic) bond motifs is 2. The molecule has 2 aliphatic heterocycles. The Kier molecular flexibility index (Phi) is 6.74. The van der Waals surface area contributed by atoms with Crippen molar-refractivity contribution in [1.29, 1.82) is 0 Å². The van der Waals surface area contributed by atoms with Gasteiger partial charge in [0, 0.05) is 31.2 Å². The van der Waals surface area contributed by atoms with E-state index in [1.54, 1.807) is 18.3 Å². The number of nitrogens with one attached hydrogen (secondary N) is 1. The molecule has 0 amide bonds. The Hall–Kier alpha value is -2.94. The van der Waals surface area contributed by atoms with E-state index in [-0.39, 0.29) is 4.90 Å². The molecule has 8 heteroatoms. The van der Waals surface area contributed by atoms with Gasteiger partial charge in [0.1, 0.15) is 12.4 Å². The average Bonchev–Trinajstić information content (AvgIpc) is 3.43. The minimum atomic E-state index is -4.02. The number of benzene rings is 2. The monoisotopic (exact) mass is 453 g/mol. The first-order chi connectivity index (χ1) is 15.4. The van der Waals surface area contributed by atoms with Crippen molar-refractivity contribution in [1.82, 2.24) is 10.3 Å². The van der Waals surface area contributed by atoms with Crippen molar-refractivity contribution in [2.45, 2.75) is 36.9 Å². The highest BCUT2D eigenvalue weighted by molar-refractivity contribution is 7.85. The number of aryl methyl sites for hydroxylation is 1. The Bertz CT molecular complexity index is 1140. The van der Waals surface area contributed by atoms with E-state index in [2.05, 4.69) is 33.4 Å². The van der Waals surface area contributed by atoms with Gasteiger partial charge in [-0.1, -0.05) is 48.0 Å². The highest BCUT2D eigenvalue weighted by atomic mass is 32.2. The fourth-order valence-corrected chi connectivity index (χ4v) is 4.45. The van der Waals surface area contributed by atoms with Gasteiger partial charge in [0.25, 0.3) is 10.1 Å². The fourth-order valence-electron chi connectivity index (χ4n) is 3.97. The van der Waals surface area contributed by atoms with Crippen LogP contribution in [0.5, 0.6) is 5.75 Å². The molecule has 2 atom stereocenters. The van der Waals surface area contributed by atoms with Crippen molar-refractivity contribution < 1.29 is 17.7 Å². The van der Waals surface area contributed by atoms with Gasteiger partial charge in [-0.05, 0) is 31.0 Å². The summed E-state index contributed by atoms with van der Waals surface area (Å²) in [7, 11) is -4.02. The lowest BCUT2D eigenvalue weighted by molar-refractivity contribution is 0.305. The molecule has 0 aliphatic carbocycles. The summed E-state index contributed by atoms with van der Waals surface area (Å²) in [5.41, 5.74) is 3.30. The highest BCUT2D eigenvalue weighted by Crippen LogP contribution is 2.30. The van der Waals surface area contributed by atoms with E-state index in [9.17, 15) is 8.42 Å². The molecular formula is C24H27N3O4S. The molecule has 0 spiro atoms. The molecule has 2 aromatic carbocycles. The van der Waals surface area contributed by atoms with E-state index >= 15 is 0 Å². The fraction of sp³-hybridized carbons (Fsp3) is 0.292. The summed E-state index contributed by atoms with van der Waals surface area (Å²) in [4.78, 5) is 6.72. The van der Waals surface area contributed by atoms with Crippen LogP contribution in [0.4, 0.5) is 5.69 Å². The third kappa shape index (κ3) is 5.64. The van der Waals surface area contributed by atoms with Gasteiger partial charge in [-0.3, -0.25) is 9.54 Å². The minimum absolute atomic E-state index is 0.0666. The van der Waals surface area contributed by atoms with Crippen molar-refractivity contribution in [3.05, 3.63) is 84.2 Å². The van der Waals surface area contributed by atoms with Crippen molar-refractivity contribution in [2.75, 3.05) is 18.0 Å². The molecule has 2 N–H and O–H groups in total. The number of rotatable bonds is 5. The van der Waals surface area contributed by atoms with Crippen LogP contribution in [0, 0.1) is 6.92 Å². The standard InChI is InChI=1S/C17H19N3O.C7H8O3S/c1-2-4-13(5-3-1)12-21-17-7-16(8-18-10-17)20-11-14-6-15(20)9-19-14;1-6-2-4-7(5-3-6)11(8,9)10/h1-5,7-8,10,14-15,19H,6,9,11-12H2;2-5H,1H3,(H,8,9,10)/t14-,15-;/m0./s1. The van der Waals surface area contributed by atoms with Crippen molar-refractivity contribution in [3.63, 3.8) is 0 Å². The Balaban J connectivity index is 0.000000189. The van der Waals surface area contributed by atoms with E-state index in [0.29, 0.717) is 18.7 Å². The summed E-state index contributed by atoms with van der Waals surface area (Å²) >= 11 is 0. The van der Waals surface area contributed by atoms with Crippen LogP contribution in [-0.4, -0.2) is 43.1 Å². The SMILES string of the molecule is Cc1ccc(S(=O)(=O)O)cc1.c1ccc(COc2cncc(N3C[C@@H]4C[C@H]3CN4)c2)cc1. The smallest absolute Gasteiger partial charge is 0.294 e. The predicted octanol–water partition coefficient (Wildman–Crippen LogP) is 3.45. The molecular weight excluding hydrogens is 426 g/mol. The first-order valence-electron chi connectivity index (χ1n) is 10.5. The van der Waals surface area contributed by atoms with E-state index in [1.807, 2.05) is 31.3 Å². The van der Waals surface area contributed by atoms with Gasteiger partial charge in [-0.25, -0.2) is 0 Å². The van der Waals surface area contributed by atoms with E-state index in [1.165, 1.54) is 29.8 Å². The van der Waals surface area contributed by atoms with Gasteiger partial charge >= 0.3 is 0 Å². The Morgan fingerprint density at radius 2 is 1.88 bits per heavy atom. The zero-order chi connectivity index (χ0) is 22.6. The van der Waals surface area contributed by atoms with E-state index in [4.69, 9.17) is 9.29 Å². The van der Waals surface area contributed by atoms with Gasteiger partial charge in [0.2, 0.25) is 0 Å². The Morgan fingerprint density at radius 3 is 2.50 bits per heavy atom. The average molecular weight is 454 g/mol. The van der Waals surface area contributed by atoms with Crippen molar-refractivity contribution in [2.24, 2.45) is 0 Å². The lowest BCUT2D eigenvalue weighted by atomic mass is 10.2. The quantitative estimate of drug-likeness (QED) is 0.572. The molecule has 7 nitrogen and oxygen atoms in total. The molecule has 0 unspecified atom stereocenters. The molecule has 0 radical (unpaired) electrons. The van der Waals surface area contributed by atoms with Crippen LogP contribution in [0.2, 0.25) is 0 Å². The first-order valence-corrected chi connectivity index (χ1v) is 12.0. The maximum absolute atomic E-state index is 10.5. The molecule has 5 rings (SSSR count). The molecule has 32 heavy (non-hydrogen) atoms. The molecule has 3 heterocycles. The van der Waals surface area contributed by atoms with Crippen LogP contribution in [0.3, 0.4) is 0 Å². The van der Waals surface area contributed by atoms with Gasteiger partial charge in [-0.2, -0.15) is 8.42 Å². The summed E-state index contributed by atoms with van der Waals surface area (Å²) in [6.45, 7) is 4.58. The second-order valence-electron chi connectivity index (χ2n) is 8.09. The van der Waals surface area contributed by atoms with Crippen LogP contribution in [0.15, 0.2) is 78.0 Å². The lowest BCUT2D eigenvalue weighted by Crippen LogP contribution is -2.43. The number of hydrogen-bond acceptors (Lipinski definition) is 6. The van der Waals surface area contributed by atoms with Crippen LogP contribution in [0.25, 0.3) is 0 Å². The van der Waals surface area contributed by atoms with E-state index in [0.717, 1.165) is 24.4 Å². The maximum Gasteiger partial charge on any atom is 0.294 e. The number of anilines is 1. The largest absolute Gasteiger partial charge is 0.487 e. The van der Waals surface area contributed by atoms with Crippen molar-refractivity contribution >= 4 is 15.8 Å². The third-order valence-corrected chi connectivity index (χ3v) is 6.52. The second-order valence-corrected chi connectivity index (χ2v) is 9.51. The molecule has 1 aromatic heterocycles. The molecule has 2 saturated heterocycles. The summed E-state index contributed by atoms with van der Waals surface area (Å²) < 4.78 is 35.4. The van der Waals surface area contributed by atoms with Gasteiger partial charge in [0.15, 0.2) is 0 Å². The third-order valence-electron chi connectivity index (χ3n) is 5.65. The molecule has 2 aliphatic rings. The highest BCUT2D eigenvalue weighted by Gasteiger charge is 2.37. The number of hydrogen-bond donors (Lipinski definition) is 2. The number of ether oxygens (including phenoxy) is 1. The van der Waals surface area contributed by atoms with Gasteiger partial charge < -0.3 is 15.0 Å².